The van der Waals surface area contributed by atoms with Crippen molar-refractivity contribution < 1.29 is 43.4 Å². The molecule has 4 atom stereocenters. The Morgan fingerprint density at radius 3 is 2.03 bits per heavy atom. The molecule has 5 rings (SSSR count). The van der Waals surface area contributed by atoms with Crippen LogP contribution in [0.4, 0.5) is 0 Å². The van der Waals surface area contributed by atoms with Crippen molar-refractivity contribution in [3.05, 3.63) is 71.3 Å². The van der Waals surface area contributed by atoms with Gasteiger partial charge < -0.3 is 43.4 Å². The molecule has 2 aliphatic heterocycles. The van der Waals surface area contributed by atoms with Gasteiger partial charge in [-0.15, -0.1) is 0 Å². The van der Waals surface area contributed by atoms with Gasteiger partial charge in [0.05, 0.1) is 47.8 Å². The van der Waals surface area contributed by atoms with Crippen LogP contribution in [0.3, 0.4) is 0 Å². The summed E-state index contributed by atoms with van der Waals surface area (Å²) in [6.07, 6.45) is -0.374. The zero-order chi connectivity index (χ0) is 26.9. The normalized spacial score (nSPS) is 24.1. The first kappa shape index (κ1) is 26.0. The van der Waals surface area contributed by atoms with E-state index in [1.165, 1.54) is 14.2 Å². The van der Waals surface area contributed by atoms with Gasteiger partial charge in [-0.2, -0.15) is 0 Å². The smallest absolute Gasteiger partial charge is 0.203 e. The zero-order valence-electron chi connectivity index (χ0n) is 21.8. The van der Waals surface area contributed by atoms with Crippen molar-refractivity contribution in [2.45, 2.75) is 18.5 Å². The van der Waals surface area contributed by atoms with Crippen LogP contribution in [-0.2, 0) is 21.9 Å². The summed E-state index contributed by atoms with van der Waals surface area (Å²) in [5.41, 5.74) is 2.26. The topological polar surface area (TPSA) is 105 Å². The minimum atomic E-state index is -1.65. The summed E-state index contributed by atoms with van der Waals surface area (Å²) >= 11 is 0. The largest absolute Gasteiger partial charge is 0.502 e. The monoisotopic (exact) mass is 524 g/mol. The lowest BCUT2D eigenvalue weighted by Crippen LogP contribution is -2.34. The molecular formula is C29H32O9. The molecule has 0 aromatic heterocycles. The number of aliphatic hydroxyl groups is 1. The van der Waals surface area contributed by atoms with E-state index in [-0.39, 0.29) is 48.4 Å². The molecule has 2 aliphatic rings. The van der Waals surface area contributed by atoms with Gasteiger partial charge in [-0.1, -0.05) is 30.3 Å². The van der Waals surface area contributed by atoms with Gasteiger partial charge in [0, 0.05) is 17.4 Å². The maximum atomic E-state index is 11.7. The van der Waals surface area contributed by atoms with E-state index in [0.29, 0.717) is 29.4 Å². The molecule has 9 heteroatoms. The molecule has 3 aromatic carbocycles. The maximum absolute atomic E-state index is 11.7. The van der Waals surface area contributed by atoms with Crippen LogP contribution in [0.5, 0.6) is 34.5 Å². The van der Waals surface area contributed by atoms with Crippen molar-refractivity contribution in [1.29, 1.82) is 0 Å². The molecule has 3 aromatic rings. The highest BCUT2D eigenvalue weighted by Gasteiger charge is 2.57. The summed E-state index contributed by atoms with van der Waals surface area (Å²) in [6, 6.07) is 16.7. The Morgan fingerprint density at radius 1 is 0.842 bits per heavy atom. The first-order chi connectivity index (χ1) is 18.4. The quantitative estimate of drug-likeness (QED) is 0.426. The Kier molecular flexibility index (Phi) is 7.25. The van der Waals surface area contributed by atoms with Crippen LogP contribution in [0.1, 0.15) is 22.8 Å². The second kappa shape index (κ2) is 10.6. The summed E-state index contributed by atoms with van der Waals surface area (Å²) in [7, 11) is 6.03. The third-order valence-corrected chi connectivity index (χ3v) is 7.29. The highest BCUT2D eigenvalue weighted by molar-refractivity contribution is 5.55. The minimum Gasteiger partial charge on any atom is -0.502 e. The third kappa shape index (κ3) is 4.47. The standard InChI is InChI=1S/C29H32O9/c1-32-22-12-19(13-23(33-2)26(22)30)29(31)21-16-37-27(20(21)15-38-29)18-10-24(34-3)28(25(11-18)35-4)36-14-17-8-6-5-7-9-17/h5-13,20-21,27,30-31H,14-16H2,1-4H3. The van der Waals surface area contributed by atoms with E-state index in [9.17, 15) is 10.2 Å². The van der Waals surface area contributed by atoms with Gasteiger partial charge in [-0.05, 0) is 35.4 Å². The van der Waals surface area contributed by atoms with E-state index in [1.807, 2.05) is 42.5 Å². The van der Waals surface area contributed by atoms with Crippen LogP contribution in [0.2, 0.25) is 0 Å². The summed E-state index contributed by atoms with van der Waals surface area (Å²) in [6.45, 7) is 0.875. The van der Waals surface area contributed by atoms with E-state index < -0.39 is 5.79 Å². The summed E-state index contributed by atoms with van der Waals surface area (Å²) in [5, 5.41) is 22.0. The molecule has 2 heterocycles. The number of benzene rings is 3. The second-order valence-electron chi connectivity index (χ2n) is 9.29. The Hall–Kier alpha value is -3.66. The molecule has 38 heavy (non-hydrogen) atoms. The molecule has 0 spiro atoms. The number of rotatable bonds is 9. The third-order valence-electron chi connectivity index (χ3n) is 7.29. The van der Waals surface area contributed by atoms with Crippen molar-refractivity contribution in [3.63, 3.8) is 0 Å². The molecule has 202 valence electrons. The number of ether oxygens (including phenoxy) is 7. The lowest BCUT2D eigenvalue weighted by Gasteiger charge is -2.28. The Morgan fingerprint density at radius 2 is 1.45 bits per heavy atom. The van der Waals surface area contributed by atoms with E-state index in [0.717, 1.165) is 11.1 Å². The number of phenolic OH excluding ortho intramolecular Hbond substituents is 1. The van der Waals surface area contributed by atoms with Crippen molar-refractivity contribution in [2.24, 2.45) is 11.8 Å². The van der Waals surface area contributed by atoms with Crippen LogP contribution >= 0.6 is 0 Å². The summed E-state index contributed by atoms with van der Waals surface area (Å²) < 4.78 is 40.2. The molecule has 0 saturated carbocycles. The highest BCUT2D eigenvalue weighted by Crippen LogP contribution is 2.55. The van der Waals surface area contributed by atoms with Gasteiger partial charge in [0.2, 0.25) is 11.5 Å². The van der Waals surface area contributed by atoms with Gasteiger partial charge in [-0.3, -0.25) is 0 Å². The van der Waals surface area contributed by atoms with Gasteiger partial charge in [0.15, 0.2) is 28.8 Å². The number of aromatic hydroxyl groups is 1. The average molecular weight is 525 g/mol. The number of methoxy groups -OCH3 is 4. The zero-order valence-corrected chi connectivity index (χ0v) is 21.8. The fourth-order valence-electron chi connectivity index (χ4n) is 5.28. The van der Waals surface area contributed by atoms with Crippen molar-refractivity contribution >= 4 is 0 Å². The van der Waals surface area contributed by atoms with Crippen molar-refractivity contribution in [2.75, 3.05) is 41.7 Å². The van der Waals surface area contributed by atoms with Crippen molar-refractivity contribution in [1.82, 2.24) is 0 Å². The predicted octanol–water partition coefficient (Wildman–Crippen LogP) is 4.18. The lowest BCUT2D eigenvalue weighted by atomic mass is 9.82. The first-order valence-corrected chi connectivity index (χ1v) is 12.3. The molecule has 0 amide bonds. The van der Waals surface area contributed by atoms with Crippen LogP contribution in [-0.4, -0.2) is 51.9 Å². The maximum Gasteiger partial charge on any atom is 0.203 e. The lowest BCUT2D eigenvalue weighted by molar-refractivity contribution is -0.210. The number of hydrogen-bond donors (Lipinski definition) is 2. The van der Waals surface area contributed by atoms with E-state index in [1.54, 1.807) is 26.4 Å². The van der Waals surface area contributed by atoms with E-state index in [2.05, 4.69) is 0 Å². The minimum absolute atomic E-state index is 0.147. The van der Waals surface area contributed by atoms with Gasteiger partial charge >= 0.3 is 0 Å². The van der Waals surface area contributed by atoms with Crippen molar-refractivity contribution in [3.8, 4) is 34.5 Å². The fraction of sp³-hybridized carbons (Fsp3) is 0.379. The number of phenols is 1. The highest BCUT2D eigenvalue weighted by atomic mass is 16.6. The van der Waals surface area contributed by atoms with Gasteiger partial charge in [-0.25, -0.2) is 0 Å². The molecule has 2 N–H and O–H groups in total. The molecule has 2 fully saturated rings. The Balaban J connectivity index is 1.42. The molecule has 0 radical (unpaired) electrons. The van der Waals surface area contributed by atoms with E-state index in [4.69, 9.17) is 33.2 Å². The number of fused-ring (bicyclic) bond motifs is 1. The molecule has 0 bridgehead atoms. The fourth-order valence-corrected chi connectivity index (χ4v) is 5.28. The Bertz CT molecular complexity index is 1230. The molecule has 2 saturated heterocycles. The van der Waals surface area contributed by atoms with Crippen LogP contribution in [0.25, 0.3) is 0 Å². The molecule has 4 unspecified atom stereocenters. The SMILES string of the molecule is COc1cc(C2(O)OCC3C(c4cc(OC)c(OCc5ccccc5)c(OC)c4)OCC32)cc(OC)c1O. The predicted molar refractivity (Wildman–Crippen MR) is 137 cm³/mol. The van der Waals surface area contributed by atoms with Crippen LogP contribution in [0.15, 0.2) is 54.6 Å². The second-order valence-corrected chi connectivity index (χ2v) is 9.29. The van der Waals surface area contributed by atoms with Crippen LogP contribution in [0, 0.1) is 11.8 Å². The van der Waals surface area contributed by atoms with Gasteiger partial charge in [0.25, 0.3) is 0 Å². The van der Waals surface area contributed by atoms with Gasteiger partial charge in [0.1, 0.15) is 6.61 Å². The summed E-state index contributed by atoms with van der Waals surface area (Å²) in [5.74, 6) is -0.444. The average Bonchev–Trinajstić information content (AvgIpc) is 3.53. The summed E-state index contributed by atoms with van der Waals surface area (Å²) in [4.78, 5) is 0. The van der Waals surface area contributed by atoms with E-state index >= 15 is 0 Å². The first-order valence-electron chi connectivity index (χ1n) is 12.3. The Labute approximate surface area is 221 Å². The molecule has 0 aliphatic carbocycles. The molecular weight excluding hydrogens is 492 g/mol. The molecule has 9 nitrogen and oxygen atoms in total. The number of hydrogen-bond acceptors (Lipinski definition) is 9. The van der Waals surface area contributed by atoms with Crippen LogP contribution < -0.4 is 23.7 Å².